The van der Waals surface area contributed by atoms with Gasteiger partial charge in [-0.1, -0.05) is 6.42 Å². The van der Waals surface area contributed by atoms with Crippen molar-refractivity contribution in [3.8, 4) is 0 Å². The number of rotatable bonds is 5. The van der Waals surface area contributed by atoms with Crippen LogP contribution in [0.2, 0.25) is 0 Å². The molecule has 3 atom stereocenters. The van der Waals surface area contributed by atoms with Crippen molar-refractivity contribution >= 4 is 0 Å². The molecule has 3 aliphatic rings. The van der Waals surface area contributed by atoms with Crippen molar-refractivity contribution in [3.05, 3.63) is 0 Å². The van der Waals surface area contributed by atoms with E-state index in [-0.39, 0.29) is 0 Å². The summed E-state index contributed by atoms with van der Waals surface area (Å²) >= 11 is 0. The average molecular weight is 253 g/mol. The van der Waals surface area contributed by atoms with E-state index >= 15 is 0 Å². The minimum atomic E-state index is 0.460. The Morgan fingerprint density at radius 1 is 1.28 bits per heavy atom. The van der Waals surface area contributed by atoms with Crippen molar-refractivity contribution < 1.29 is 9.47 Å². The van der Waals surface area contributed by atoms with Crippen molar-refractivity contribution in [1.29, 1.82) is 0 Å². The van der Waals surface area contributed by atoms with Gasteiger partial charge in [0.25, 0.3) is 0 Å². The van der Waals surface area contributed by atoms with Gasteiger partial charge in [-0.15, -0.1) is 0 Å². The van der Waals surface area contributed by atoms with Gasteiger partial charge in [-0.2, -0.15) is 0 Å². The molecule has 1 spiro atoms. The Morgan fingerprint density at radius 3 is 2.78 bits per heavy atom. The van der Waals surface area contributed by atoms with Gasteiger partial charge in [0.1, 0.15) is 0 Å². The van der Waals surface area contributed by atoms with E-state index in [0.29, 0.717) is 23.7 Å². The molecule has 0 aromatic rings. The van der Waals surface area contributed by atoms with E-state index < -0.39 is 0 Å². The molecule has 1 aliphatic heterocycles. The summed E-state index contributed by atoms with van der Waals surface area (Å²) in [6.07, 6.45) is 10.1. The molecule has 3 unspecified atom stereocenters. The van der Waals surface area contributed by atoms with E-state index in [0.717, 1.165) is 19.8 Å². The zero-order valence-corrected chi connectivity index (χ0v) is 11.6. The normalized spacial score (nSPS) is 38.2. The lowest BCUT2D eigenvalue weighted by molar-refractivity contribution is -0.174. The lowest BCUT2D eigenvalue weighted by Crippen LogP contribution is -2.67. The Balaban J connectivity index is 1.46. The van der Waals surface area contributed by atoms with Crippen LogP contribution in [-0.2, 0) is 9.47 Å². The van der Waals surface area contributed by atoms with Gasteiger partial charge in [0.05, 0.1) is 12.2 Å². The molecule has 18 heavy (non-hydrogen) atoms. The van der Waals surface area contributed by atoms with Crippen LogP contribution >= 0.6 is 0 Å². The zero-order chi connectivity index (χ0) is 12.4. The maximum Gasteiger partial charge on any atom is 0.0699 e. The number of hydrogen-bond acceptors (Lipinski definition) is 3. The van der Waals surface area contributed by atoms with Gasteiger partial charge in [-0.25, -0.2) is 0 Å². The molecule has 1 N–H and O–H groups in total. The molecule has 0 amide bonds. The van der Waals surface area contributed by atoms with E-state index in [9.17, 15) is 0 Å². The molecule has 3 heteroatoms. The third kappa shape index (κ3) is 2.21. The topological polar surface area (TPSA) is 30.5 Å². The first-order valence-corrected chi connectivity index (χ1v) is 7.82. The van der Waals surface area contributed by atoms with E-state index in [4.69, 9.17) is 9.47 Å². The van der Waals surface area contributed by atoms with Crippen LogP contribution < -0.4 is 5.32 Å². The van der Waals surface area contributed by atoms with Crippen LogP contribution in [0, 0.1) is 5.41 Å². The highest BCUT2D eigenvalue weighted by atomic mass is 16.5. The van der Waals surface area contributed by atoms with Crippen LogP contribution in [0.1, 0.15) is 51.9 Å². The Morgan fingerprint density at radius 2 is 2.17 bits per heavy atom. The summed E-state index contributed by atoms with van der Waals surface area (Å²) in [5.41, 5.74) is 0.491. The smallest absolute Gasteiger partial charge is 0.0699 e. The first-order valence-electron chi connectivity index (χ1n) is 7.82. The predicted molar refractivity (Wildman–Crippen MR) is 71.7 cm³/mol. The molecule has 1 saturated heterocycles. The molecule has 2 aliphatic carbocycles. The Bertz CT molecular complexity index is 272. The van der Waals surface area contributed by atoms with Crippen molar-refractivity contribution in [1.82, 2.24) is 5.32 Å². The first kappa shape index (κ1) is 12.9. The van der Waals surface area contributed by atoms with Gasteiger partial charge in [0, 0.05) is 31.2 Å². The summed E-state index contributed by atoms with van der Waals surface area (Å²) in [4.78, 5) is 0. The highest BCUT2D eigenvalue weighted by Gasteiger charge is 2.58. The van der Waals surface area contributed by atoms with Crippen LogP contribution in [0.3, 0.4) is 0 Å². The van der Waals surface area contributed by atoms with Gasteiger partial charge >= 0.3 is 0 Å². The second kappa shape index (κ2) is 5.48. The average Bonchev–Trinajstić information content (AvgIpc) is 2.32. The monoisotopic (exact) mass is 253 g/mol. The third-order valence-electron chi connectivity index (χ3n) is 5.30. The van der Waals surface area contributed by atoms with E-state index in [1.165, 1.54) is 44.9 Å². The molecule has 2 saturated carbocycles. The molecule has 104 valence electrons. The van der Waals surface area contributed by atoms with Crippen molar-refractivity contribution in [2.75, 3.05) is 19.8 Å². The first-order chi connectivity index (χ1) is 8.85. The molecule has 3 nitrogen and oxygen atoms in total. The van der Waals surface area contributed by atoms with E-state index in [1.54, 1.807) is 0 Å². The fourth-order valence-electron chi connectivity index (χ4n) is 3.97. The summed E-state index contributed by atoms with van der Waals surface area (Å²) in [5, 5.41) is 3.76. The quantitative estimate of drug-likeness (QED) is 0.816. The SMILES string of the molecule is CCOC1CC(NCC2CCCCO2)C12CCC2. The Hall–Kier alpha value is -0.120. The highest BCUT2D eigenvalue weighted by molar-refractivity contribution is 5.12. The zero-order valence-electron chi connectivity index (χ0n) is 11.6. The van der Waals surface area contributed by atoms with Gasteiger partial charge in [0.15, 0.2) is 0 Å². The summed E-state index contributed by atoms with van der Waals surface area (Å²) < 4.78 is 11.7. The van der Waals surface area contributed by atoms with Crippen molar-refractivity contribution in [2.24, 2.45) is 5.41 Å². The predicted octanol–water partition coefficient (Wildman–Crippen LogP) is 2.49. The molecule has 0 bridgehead atoms. The number of nitrogens with one attached hydrogen (secondary N) is 1. The van der Waals surface area contributed by atoms with Crippen LogP contribution in [0.4, 0.5) is 0 Å². The van der Waals surface area contributed by atoms with Crippen molar-refractivity contribution in [2.45, 2.75) is 70.1 Å². The molecular weight excluding hydrogens is 226 g/mol. The molecular formula is C15H27NO2. The Kier molecular flexibility index (Phi) is 3.92. The molecule has 0 aromatic heterocycles. The van der Waals surface area contributed by atoms with Crippen LogP contribution in [-0.4, -0.2) is 38.0 Å². The van der Waals surface area contributed by atoms with Crippen molar-refractivity contribution in [3.63, 3.8) is 0 Å². The van der Waals surface area contributed by atoms with Gasteiger partial charge < -0.3 is 14.8 Å². The summed E-state index contributed by atoms with van der Waals surface area (Å²) in [5.74, 6) is 0. The molecule has 0 radical (unpaired) electrons. The summed E-state index contributed by atoms with van der Waals surface area (Å²) in [7, 11) is 0. The fourth-order valence-corrected chi connectivity index (χ4v) is 3.97. The fraction of sp³-hybridized carbons (Fsp3) is 1.00. The number of ether oxygens (including phenoxy) is 2. The van der Waals surface area contributed by atoms with E-state index in [2.05, 4.69) is 12.2 Å². The maximum atomic E-state index is 5.89. The van der Waals surface area contributed by atoms with Crippen LogP contribution in [0.5, 0.6) is 0 Å². The van der Waals surface area contributed by atoms with Crippen LogP contribution in [0.15, 0.2) is 0 Å². The number of hydrogen-bond donors (Lipinski definition) is 1. The molecule has 3 rings (SSSR count). The van der Waals surface area contributed by atoms with Crippen LogP contribution in [0.25, 0.3) is 0 Å². The summed E-state index contributed by atoms with van der Waals surface area (Å²) in [6.45, 7) is 4.99. The minimum absolute atomic E-state index is 0.460. The second-order valence-electron chi connectivity index (χ2n) is 6.22. The Labute approximate surface area is 111 Å². The lowest BCUT2D eigenvalue weighted by Gasteiger charge is -2.61. The largest absolute Gasteiger partial charge is 0.378 e. The highest BCUT2D eigenvalue weighted by Crippen LogP contribution is 2.57. The second-order valence-corrected chi connectivity index (χ2v) is 6.22. The van der Waals surface area contributed by atoms with Gasteiger partial charge in [-0.05, 0) is 45.4 Å². The van der Waals surface area contributed by atoms with Gasteiger partial charge in [0.2, 0.25) is 0 Å². The third-order valence-corrected chi connectivity index (χ3v) is 5.30. The standard InChI is InChI=1S/C15H27NO2/c1-2-17-14-10-13(15(14)7-5-8-15)16-11-12-6-3-4-9-18-12/h12-14,16H,2-11H2,1H3. The minimum Gasteiger partial charge on any atom is -0.378 e. The van der Waals surface area contributed by atoms with E-state index in [1.807, 2.05) is 0 Å². The molecule has 3 fully saturated rings. The molecule has 0 aromatic carbocycles. The maximum absolute atomic E-state index is 5.89. The molecule has 1 heterocycles. The van der Waals surface area contributed by atoms with Gasteiger partial charge in [-0.3, -0.25) is 0 Å². The summed E-state index contributed by atoms with van der Waals surface area (Å²) in [6, 6.07) is 0.688. The lowest BCUT2D eigenvalue weighted by atomic mass is 9.51.